The van der Waals surface area contributed by atoms with Gasteiger partial charge in [0.1, 0.15) is 0 Å². The Labute approximate surface area is 132 Å². The van der Waals surface area contributed by atoms with Gasteiger partial charge < -0.3 is 10.1 Å². The Bertz CT molecular complexity index is 306. The van der Waals surface area contributed by atoms with Crippen molar-refractivity contribution in [3.05, 3.63) is 0 Å². The van der Waals surface area contributed by atoms with Crippen LogP contribution in [0.15, 0.2) is 0 Å². The topological polar surface area (TPSA) is 21.3 Å². The minimum atomic E-state index is 0.429. The molecular formula is C19H37NO. The predicted octanol–water partition coefficient (Wildman–Crippen LogP) is 4.63. The van der Waals surface area contributed by atoms with Crippen LogP contribution in [0.5, 0.6) is 0 Å². The molecular weight excluding hydrogens is 258 g/mol. The molecule has 0 aliphatic heterocycles. The van der Waals surface area contributed by atoms with Crippen LogP contribution in [0.1, 0.15) is 73.1 Å². The van der Waals surface area contributed by atoms with Gasteiger partial charge in [0.05, 0.1) is 12.2 Å². The van der Waals surface area contributed by atoms with Crippen LogP contribution in [-0.2, 0) is 4.74 Å². The second-order valence-electron chi connectivity index (χ2n) is 8.10. The lowest BCUT2D eigenvalue weighted by Gasteiger charge is -2.43. The van der Waals surface area contributed by atoms with Gasteiger partial charge in [0.25, 0.3) is 0 Å². The van der Waals surface area contributed by atoms with Gasteiger partial charge in [-0.2, -0.15) is 0 Å². The first-order chi connectivity index (χ1) is 10.0. The van der Waals surface area contributed by atoms with Gasteiger partial charge in [0, 0.05) is 6.04 Å². The van der Waals surface area contributed by atoms with Gasteiger partial charge in [-0.25, -0.2) is 0 Å². The zero-order valence-electron chi connectivity index (χ0n) is 14.9. The van der Waals surface area contributed by atoms with Crippen molar-refractivity contribution in [1.29, 1.82) is 0 Å². The molecule has 7 unspecified atom stereocenters. The molecule has 21 heavy (non-hydrogen) atoms. The average Bonchev–Trinajstić information content (AvgIpc) is 2.43. The molecule has 0 amide bonds. The summed E-state index contributed by atoms with van der Waals surface area (Å²) >= 11 is 0. The highest BCUT2D eigenvalue weighted by molar-refractivity contribution is 4.90. The Kier molecular flexibility index (Phi) is 6.55. The molecule has 2 aliphatic rings. The number of nitrogens with one attached hydrogen (secondary N) is 1. The van der Waals surface area contributed by atoms with E-state index in [-0.39, 0.29) is 0 Å². The zero-order valence-corrected chi connectivity index (χ0v) is 14.9. The standard InChI is InChI=1S/C19H37NO/c1-6-9-20-18-11-13(2)10-16(5)19(18)21-17-8-7-14(3)15(4)12-17/h13-20H,6-12H2,1-5H3. The Balaban J connectivity index is 1.93. The molecule has 0 aromatic heterocycles. The van der Waals surface area contributed by atoms with E-state index in [9.17, 15) is 0 Å². The maximum Gasteiger partial charge on any atom is 0.0757 e. The fourth-order valence-corrected chi connectivity index (χ4v) is 4.43. The smallest absolute Gasteiger partial charge is 0.0757 e. The first kappa shape index (κ1) is 17.3. The van der Waals surface area contributed by atoms with Crippen molar-refractivity contribution in [1.82, 2.24) is 5.32 Å². The van der Waals surface area contributed by atoms with Crippen LogP contribution in [0.2, 0.25) is 0 Å². The van der Waals surface area contributed by atoms with Gasteiger partial charge >= 0.3 is 0 Å². The number of ether oxygens (including phenoxy) is 1. The minimum absolute atomic E-state index is 0.429. The van der Waals surface area contributed by atoms with Crippen molar-refractivity contribution in [2.24, 2.45) is 23.7 Å². The predicted molar refractivity (Wildman–Crippen MR) is 90.5 cm³/mol. The van der Waals surface area contributed by atoms with Gasteiger partial charge in [-0.05, 0) is 68.7 Å². The summed E-state index contributed by atoms with van der Waals surface area (Å²) in [6.45, 7) is 13.0. The van der Waals surface area contributed by atoms with Gasteiger partial charge in [-0.1, -0.05) is 34.6 Å². The second kappa shape index (κ2) is 7.97. The molecule has 0 radical (unpaired) electrons. The first-order valence-corrected chi connectivity index (χ1v) is 9.40. The lowest BCUT2D eigenvalue weighted by Crippen LogP contribution is -2.51. The molecule has 2 aliphatic carbocycles. The van der Waals surface area contributed by atoms with Crippen LogP contribution < -0.4 is 5.32 Å². The van der Waals surface area contributed by atoms with Crippen molar-refractivity contribution >= 4 is 0 Å². The molecule has 2 heteroatoms. The van der Waals surface area contributed by atoms with Crippen LogP contribution in [0.3, 0.4) is 0 Å². The Hall–Kier alpha value is -0.0800. The second-order valence-corrected chi connectivity index (χ2v) is 8.10. The number of hydrogen-bond donors (Lipinski definition) is 1. The summed E-state index contributed by atoms with van der Waals surface area (Å²) in [7, 11) is 0. The summed E-state index contributed by atoms with van der Waals surface area (Å²) in [4.78, 5) is 0. The molecule has 1 N–H and O–H groups in total. The van der Waals surface area contributed by atoms with Crippen LogP contribution in [-0.4, -0.2) is 24.8 Å². The third-order valence-corrected chi connectivity index (χ3v) is 5.94. The molecule has 0 aromatic rings. The minimum Gasteiger partial charge on any atom is -0.373 e. The van der Waals surface area contributed by atoms with E-state index < -0.39 is 0 Å². The van der Waals surface area contributed by atoms with E-state index in [4.69, 9.17) is 4.74 Å². The fraction of sp³-hybridized carbons (Fsp3) is 1.00. The zero-order chi connectivity index (χ0) is 15.4. The largest absolute Gasteiger partial charge is 0.373 e. The third-order valence-electron chi connectivity index (χ3n) is 5.94. The molecule has 2 saturated carbocycles. The van der Waals surface area contributed by atoms with Crippen LogP contribution in [0, 0.1) is 23.7 Å². The van der Waals surface area contributed by atoms with E-state index in [1.165, 1.54) is 38.5 Å². The van der Waals surface area contributed by atoms with Gasteiger partial charge in [-0.3, -0.25) is 0 Å². The van der Waals surface area contributed by atoms with E-state index in [1.807, 2.05) is 0 Å². The van der Waals surface area contributed by atoms with Gasteiger partial charge in [-0.15, -0.1) is 0 Å². The van der Waals surface area contributed by atoms with Crippen molar-refractivity contribution < 1.29 is 4.74 Å². The van der Waals surface area contributed by atoms with Crippen molar-refractivity contribution in [3.63, 3.8) is 0 Å². The van der Waals surface area contributed by atoms with E-state index in [0.717, 1.165) is 24.3 Å². The van der Waals surface area contributed by atoms with Crippen molar-refractivity contribution in [3.8, 4) is 0 Å². The normalized spacial score (nSPS) is 44.7. The van der Waals surface area contributed by atoms with E-state index in [2.05, 4.69) is 39.9 Å². The molecule has 0 aromatic carbocycles. The third kappa shape index (κ3) is 4.69. The lowest BCUT2D eigenvalue weighted by atomic mass is 9.77. The monoisotopic (exact) mass is 295 g/mol. The lowest BCUT2D eigenvalue weighted by molar-refractivity contribution is -0.100. The molecule has 2 rings (SSSR count). The summed E-state index contributed by atoms with van der Waals surface area (Å²) in [5, 5.41) is 3.77. The van der Waals surface area contributed by atoms with Crippen molar-refractivity contribution in [2.45, 2.75) is 91.4 Å². The summed E-state index contributed by atoms with van der Waals surface area (Å²) in [6, 6.07) is 0.568. The molecule has 0 bridgehead atoms. The Morgan fingerprint density at radius 2 is 1.67 bits per heavy atom. The van der Waals surface area contributed by atoms with Gasteiger partial charge in [0.15, 0.2) is 0 Å². The van der Waals surface area contributed by atoms with E-state index in [0.29, 0.717) is 24.2 Å². The Morgan fingerprint density at radius 1 is 0.905 bits per heavy atom. The molecule has 0 saturated heterocycles. The Morgan fingerprint density at radius 3 is 2.33 bits per heavy atom. The van der Waals surface area contributed by atoms with Crippen molar-refractivity contribution in [2.75, 3.05) is 6.54 Å². The summed E-state index contributed by atoms with van der Waals surface area (Å²) in [5.41, 5.74) is 0. The summed E-state index contributed by atoms with van der Waals surface area (Å²) in [5.74, 6) is 3.23. The number of rotatable bonds is 5. The molecule has 2 fully saturated rings. The SMILES string of the molecule is CCCNC1CC(C)CC(C)C1OC1CCC(C)C(C)C1. The van der Waals surface area contributed by atoms with E-state index in [1.54, 1.807) is 0 Å². The average molecular weight is 296 g/mol. The van der Waals surface area contributed by atoms with Crippen LogP contribution in [0.25, 0.3) is 0 Å². The summed E-state index contributed by atoms with van der Waals surface area (Å²) < 4.78 is 6.66. The maximum absolute atomic E-state index is 6.66. The van der Waals surface area contributed by atoms with Crippen LogP contribution in [0.4, 0.5) is 0 Å². The summed E-state index contributed by atoms with van der Waals surface area (Å²) in [6.07, 6.45) is 8.63. The molecule has 124 valence electrons. The number of hydrogen-bond acceptors (Lipinski definition) is 2. The highest BCUT2D eigenvalue weighted by atomic mass is 16.5. The highest BCUT2D eigenvalue weighted by Crippen LogP contribution is 2.36. The van der Waals surface area contributed by atoms with Gasteiger partial charge in [0.2, 0.25) is 0 Å². The molecule has 7 atom stereocenters. The molecule has 0 spiro atoms. The maximum atomic E-state index is 6.66. The first-order valence-electron chi connectivity index (χ1n) is 9.40. The molecule has 2 nitrogen and oxygen atoms in total. The highest BCUT2D eigenvalue weighted by Gasteiger charge is 2.37. The quantitative estimate of drug-likeness (QED) is 0.798. The molecule has 0 heterocycles. The van der Waals surface area contributed by atoms with Crippen LogP contribution >= 0.6 is 0 Å². The fourth-order valence-electron chi connectivity index (χ4n) is 4.43. The van der Waals surface area contributed by atoms with E-state index >= 15 is 0 Å².